The smallest absolute Gasteiger partial charge is 0.227 e. The number of oxazole rings is 1. The van der Waals surface area contributed by atoms with Crippen LogP contribution in [0.3, 0.4) is 0 Å². The fraction of sp³-hybridized carbons (Fsp3) is 0.0638. The van der Waals surface area contributed by atoms with Crippen LogP contribution in [0.5, 0.6) is 0 Å². The molecule has 3 heterocycles. The maximum atomic E-state index is 6.57. The first-order valence-corrected chi connectivity index (χ1v) is 18.6. The number of aromatic nitrogens is 4. The van der Waals surface area contributed by atoms with Crippen LogP contribution in [-0.4, -0.2) is 19.9 Å². The van der Waals surface area contributed by atoms with Crippen LogP contribution >= 0.6 is 11.3 Å². The minimum Gasteiger partial charge on any atom is -0.435 e. The Morgan fingerprint density at radius 2 is 1.15 bits per heavy atom. The van der Waals surface area contributed by atoms with Crippen LogP contribution in [0, 0.1) is 0 Å². The van der Waals surface area contributed by atoms with Crippen molar-refractivity contribution in [1.29, 1.82) is 0 Å². The third-order valence-corrected chi connectivity index (χ3v) is 11.9. The molecule has 0 spiro atoms. The van der Waals surface area contributed by atoms with E-state index in [1.807, 2.05) is 48.5 Å². The van der Waals surface area contributed by atoms with Crippen LogP contribution in [0.2, 0.25) is 0 Å². The Kier molecular flexibility index (Phi) is 6.40. The monoisotopic (exact) mass is 698 g/mol. The van der Waals surface area contributed by atoms with E-state index in [2.05, 4.69) is 111 Å². The molecule has 0 atom stereocenters. The Labute approximate surface area is 309 Å². The Balaban J connectivity index is 1.15. The standard InChI is InChI=1S/C47H30N4OS/c1-47(2)35-19-10-9-16-31(35)32-17-11-18-33(41(32)47)45-50-43(28-12-5-3-6-13-28)49-44(51-45)30-21-20-27-22-24-37-39(34(27)26-30)40-38(53-37)25-23-36-42(40)52-46(48-36)29-14-7-4-8-15-29/h3-26H,1-2H3. The summed E-state index contributed by atoms with van der Waals surface area (Å²) in [5, 5.41) is 4.50. The predicted octanol–water partition coefficient (Wildman–Crippen LogP) is 12.5. The van der Waals surface area contributed by atoms with Crippen molar-refractivity contribution in [3.05, 3.63) is 157 Å². The van der Waals surface area contributed by atoms with Crippen LogP contribution in [0.4, 0.5) is 0 Å². The van der Waals surface area contributed by atoms with Crippen LogP contribution in [0.1, 0.15) is 25.0 Å². The minimum atomic E-state index is -0.219. The van der Waals surface area contributed by atoms with Gasteiger partial charge >= 0.3 is 0 Å². The Morgan fingerprint density at radius 3 is 1.98 bits per heavy atom. The summed E-state index contributed by atoms with van der Waals surface area (Å²) in [6.45, 7) is 4.60. The second-order valence-electron chi connectivity index (χ2n) is 14.2. The lowest BCUT2D eigenvalue weighted by atomic mass is 9.80. The molecule has 11 rings (SSSR count). The van der Waals surface area contributed by atoms with Gasteiger partial charge in [0.05, 0.1) is 0 Å². The van der Waals surface area contributed by atoms with E-state index in [1.54, 1.807) is 11.3 Å². The highest BCUT2D eigenvalue weighted by Crippen LogP contribution is 2.52. The van der Waals surface area contributed by atoms with E-state index in [1.165, 1.54) is 27.0 Å². The molecule has 7 aromatic carbocycles. The normalized spacial score (nSPS) is 13.2. The van der Waals surface area contributed by atoms with Gasteiger partial charge in [-0.1, -0.05) is 123 Å². The first-order valence-electron chi connectivity index (χ1n) is 17.8. The van der Waals surface area contributed by atoms with Crippen molar-refractivity contribution in [3.8, 4) is 56.7 Å². The van der Waals surface area contributed by atoms with Gasteiger partial charge in [-0.05, 0) is 69.4 Å². The van der Waals surface area contributed by atoms with Crippen molar-refractivity contribution in [2.24, 2.45) is 0 Å². The number of rotatable bonds is 4. The van der Waals surface area contributed by atoms with E-state index < -0.39 is 0 Å². The number of hydrogen-bond acceptors (Lipinski definition) is 6. The molecule has 0 unspecified atom stereocenters. The van der Waals surface area contributed by atoms with Crippen LogP contribution < -0.4 is 0 Å². The van der Waals surface area contributed by atoms with Crippen LogP contribution in [0.25, 0.3) is 98.8 Å². The van der Waals surface area contributed by atoms with Crippen molar-refractivity contribution in [2.45, 2.75) is 19.3 Å². The molecule has 6 heteroatoms. The molecule has 0 aliphatic heterocycles. The molecule has 10 aromatic rings. The summed E-state index contributed by atoms with van der Waals surface area (Å²) in [7, 11) is 0. The first kappa shape index (κ1) is 30.2. The highest BCUT2D eigenvalue weighted by Gasteiger charge is 2.38. The van der Waals surface area contributed by atoms with E-state index in [4.69, 9.17) is 24.4 Å². The Hall–Kier alpha value is -6.50. The van der Waals surface area contributed by atoms with Crippen molar-refractivity contribution in [2.75, 3.05) is 0 Å². The number of hydrogen-bond donors (Lipinski definition) is 0. The average Bonchev–Trinajstić information content (AvgIpc) is 3.89. The van der Waals surface area contributed by atoms with Gasteiger partial charge in [0.15, 0.2) is 23.1 Å². The zero-order valence-corrected chi connectivity index (χ0v) is 29.8. The number of thiophene rings is 1. The maximum absolute atomic E-state index is 6.57. The second-order valence-corrected chi connectivity index (χ2v) is 15.3. The lowest BCUT2D eigenvalue weighted by molar-refractivity contribution is 0.623. The molecular weight excluding hydrogens is 669 g/mol. The SMILES string of the molecule is CC1(C)c2ccccc2-c2cccc(-c3nc(-c4ccccc4)nc(-c4ccc5ccc6sc7ccc8nc(-c9ccccc9)oc8c7c6c5c4)n3)c21. The fourth-order valence-corrected chi connectivity index (χ4v) is 9.40. The molecule has 1 aliphatic carbocycles. The molecule has 250 valence electrons. The molecule has 0 amide bonds. The number of nitrogens with zero attached hydrogens (tertiary/aromatic N) is 4. The maximum Gasteiger partial charge on any atom is 0.227 e. The average molecular weight is 699 g/mol. The predicted molar refractivity (Wildman–Crippen MR) is 217 cm³/mol. The summed E-state index contributed by atoms with van der Waals surface area (Å²) >= 11 is 1.77. The van der Waals surface area contributed by atoms with E-state index in [0.29, 0.717) is 23.4 Å². The molecule has 1 aliphatic rings. The molecule has 5 nitrogen and oxygen atoms in total. The Morgan fingerprint density at radius 1 is 0.509 bits per heavy atom. The number of fused-ring (bicyclic) bond motifs is 10. The number of benzene rings is 7. The Bertz CT molecular complexity index is 3090. The third-order valence-electron chi connectivity index (χ3n) is 10.7. The van der Waals surface area contributed by atoms with Gasteiger partial charge in [-0.15, -0.1) is 11.3 Å². The third kappa shape index (κ3) is 4.55. The summed E-state index contributed by atoms with van der Waals surface area (Å²) in [6, 6.07) is 50.7. The van der Waals surface area contributed by atoms with Gasteiger partial charge < -0.3 is 4.42 Å². The van der Waals surface area contributed by atoms with Gasteiger partial charge in [0.25, 0.3) is 0 Å². The van der Waals surface area contributed by atoms with E-state index in [-0.39, 0.29) is 5.41 Å². The lowest BCUT2D eigenvalue weighted by Gasteiger charge is -2.24. The molecule has 0 saturated heterocycles. The lowest BCUT2D eigenvalue weighted by Crippen LogP contribution is -2.17. The van der Waals surface area contributed by atoms with E-state index in [9.17, 15) is 0 Å². The quantitative estimate of drug-likeness (QED) is 0.183. The summed E-state index contributed by atoms with van der Waals surface area (Å²) < 4.78 is 8.92. The van der Waals surface area contributed by atoms with Crippen molar-refractivity contribution >= 4 is 53.4 Å². The minimum absolute atomic E-state index is 0.219. The largest absolute Gasteiger partial charge is 0.435 e. The van der Waals surface area contributed by atoms with E-state index >= 15 is 0 Å². The van der Waals surface area contributed by atoms with Crippen molar-refractivity contribution < 1.29 is 4.42 Å². The summed E-state index contributed by atoms with van der Waals surface area (Å²) in [5.74, 6) is 2.57. The molecule has 0 bridgehead atoms. The van der Waals surface area contributed by atoms with Gasteiger partial charge in [-0.2, -0.15) is 0 Å². The van der Waals surface area contributed by atoms with Crippen LogP contribution in [0.15, 0.2) is 150 Å². The van der Waals surface area contributed by atoms with Gasteiger partial charge in [-0.25, -0.2) is 19.9 Å². The molecule has 0 radical (unpaired) electrons. The van der Waals surface area contributed by atoms with Gasteiger partial charge in [0, 0.05) is 47.8 Å². The first-order chi connectivity index (χ1) is 26.0. The molecule has 3 aromatic heterocycles. The van der Waals surface area contributed by atoms with E-state index in [0.717, 1.165) is 59.6 Å². The molecule has 0 fully saturated rings. The summed E-state index contributed by atoms with van der Waals surface area (Å²) in [6.07, 6.45) is 0. The molecular formula is C47H30N4OS. The van der Waals surface area contributed by atoms with Gasteiger partial charge in [-0.3, -0.25) is 0 Å². The second kappa shape index (κ2) is 11.2. The van der Waals surface area contributed by atoms with Gasteiger partial charge in [0.1, 0.15) is 5.52 Å². The zero-order valence-electron chi connectivity index (χ0n) is 29.0. The van der Waals surface area contributed by atoms with Crippen LogP contribution in [-0.2, 0) is 5.41 Å². The highest BCUT2D eigenvalue weighted by atomic mass is 32.1. The summed E-state index contributed by atoms with van der Waals surface area (Å²) in [4.78, 5) is 20.5. The molecule has 53 heavy (non-hydrogen) atoms. The highest BCUT2D eigenvalue weighted by molar-refractivity contribution is 7.26. The topological polar surface area (TPSA) is 64.7 Å². The summed E-state index contributed by atoms with van der Waals surface area (Å²) in [5.41, 5.74) is 10.4. The molecule has 0 N–H and O–H groups in total. The van der Waals surface area contributed by atoms with Crippen molar-refractivity contribution in [1.82, 2.24) is 19.9 Å². The van der Waals surface area contributed by atoms with Gasteiger partial charge in [0.2, 0.25) is 5.89 Å². The molecule has 0 saturated carbocycles. The zero-order chi connectivity index (χ0) is 35.3. The fourth-order valence-electron chi connectivity index (χ4n) is 8.28. The van der Waals surface area contributed by atoms with Crippen molar-refractivity contribution in [3.63, 3.8) is 0 Å².